The van der Waals surface area contributed by atoms with Crippen LogP contribution in [0.2, 0.25) is 5.02 Å². The van der Waals surface area contributed by atoms with E-state index in [1.165, 1.54) is 12.1 Å². The van der Waals surface area contributed by atoms with E-state index in [4.69, 9.17) is 11.6 Å². The van der Waals surface area contributed by atoms with Gasteiger partial charge in [-0.2, -0.15) is 0 Å². The van der Waals surface area contributed by atoms with E-state index in [9.17, 15) is 9.18 Å². The van der Waals surface area contributed by atoms with Crippen molar-refractivity contribution in [2.75, 3.05) is 18.4 Å². The summed E-state index contributed by atoms with van der Waals surface area (Å²) in [5.41, 5.74) is 0.111. The maximum absolute atomic E-state index is 13.4. The Morgan fingerprint density at radius 3 is 2.74 bits per heavy atom. The third kappa shape index (κ3) is 3.07. The molecule has 0 unspecified atom stereocenters. The minimum atomic E-state index is -0.518. The molecule has 3 nitrogen and oxygen atoms in total. The van der Waals surface area contributed by atoms with Crippen LogP contribution in [0.5, 0.6) is 0 Å². The molecule has 19 heavy (non-hydrogen) atoms. The molecule has 0 atom stereocenters. The Balaban J connectivity index is 2.12. The van der Waals surface area contributed by atoms with Crippen molar-refractivity contribution in [3.05, 3.63) is 29.0 Å². The predicted octanol–water partition coefficient (Wildman–Crippen LogP) is 3.20. The Bertz CT molecular complexity index is 473. The first-order valence-electron chi connectivity index (χ1n) is 6.54. The van der Waals surface area contributed by atoms with Crippen molar-refractivity contribution >= 4 is 23.2 Å². The number of halogens is 2. The normalized spacial score (nSPS) is 18.1. The summed E-state index contributed by atoms with van der Waals surface area (Å²) in [6, 6.07) is 4.33. The summed E-state index contributed by atoms with van der Waals surface area (Å²) >= 11 is 5.62. The molecule has 0 spiro atoms. The summed E-state index contributed by atoms with van der Waals surface area (Å²) in [5.74, 6) is -0.548. The second-order valence-electron chi connectivity index (χ2n) is 4.97. The van der Waals surface area contributed by atoms with Crippen LogP contribution in [0.3, 0.4) is 0 Å². The highest BCUT2D eigenvalue weighted by molar-refractivity contribution is 6.30. The molecule has 1 aliphatic heterocycles. The number of benzene rings is 1. The quantitative estimate of drug-likeness (QED) is 0.895. The first-order valence-corrected chi connectivity index (χ1v) is 6.92. The molecule has 0 bridgehead atoms. The summed E-state index contributed by atoms with van der Waals surface area (Å²) in [7, 11) is 0. The molecule has 104 valence electrons. The lowest BCUT2D eigenvalue weighted by atomic mass is 9.76. The van der Waals surface area contributed by atoms with Gasteiger partial charge in [0.15, 0.2) is 0 Å². The second-order valence-corrected chi connectivity index (χ2v) is 5.37. The zero-order chi connectivity index (χ0) is 13.9. The number of hydrogen-bond acceptors (Lipinski definition) is 2. The van der Waals surface area contributed by atoms with Crippen LogP contribution in [0.15, 0.2) is 18.2 Å². The van der Waals surface area contributed by atoms with E-state index < -0.39 is 5.82 Å². The molecular formula is C14H18ClFN2O. The van der Waals surface area contributed by atoms with Crippen molar-refractivity contribution in [3.63, 3.8) is 0 Å². The molecule has 0 saturated carbocycles. The van der Waals surface area contributed by atoms with E-state index in [0.717, 1.165) is 32.4 Å². The zero-order valence-corrected chi connectivity index (χ0v) is 11.7. The van der Waals surface area contributed by atoms with E-state index in [0.29, 0.717) is 5.69 Å². The van der Waals surface area contributed by atoms with Gasteiger partial charge in [0, 0.05) is 5.69 Å². The second kappa shape index (κ2) is 5.88. The highest BCUT2D eigenvalue weighted by atomic mass is 35.5. The minimum Gasteiger partial charge on any atom is -0.326 e. The molecule has 0 aromatic heterocycles. The predicted molar refractivity (Wildman–Crippen MR) is 74.9 cm³/mol. The Labute approximate surface area is 117 Å². The average Bonchev–Trinajstić information content (AvgIpc) is 2.43. The van der Waals surface area contributed by atoms with Gasteiger partial charge in [0.05, 0.1) is 10.4 Å². The van der Waals surface area contributed by atoms with Crippen LogP contribution < -0.4 is 10.6 Å². The van der Waals surface area contributed by atoms with Gasteiger partial charge >= 0.3 is 0 Å². The SMILES string of the molecule is CCC1(C(=O)Nc2ccc(Cl)c(F)c2)CCNCC1. The van der Waals surface area contributed by atoms with Gasteiger partial charge < -0.3 is 10.6 Å². The van der Waals surface area contributed by atoms with E-state index in [1.54, 1.807) is 6.07 Å². The monoisotopic (exact) mass is 284 g/mol. The first kappa shape index (κ1) is 14.3. The molecule has 0 radical (unpaired) electrons. The van der Waals surface area contributed by atoms with Gasteiger partial charge in [-0.05, 0) is 50.6 Å². The summed E-state index contributed by atoms with van der Waals surface area (Å²) in [4.78, 5) is 12.4. The fourth-order valence-electron chi connectivity index (χ4n) is 2.48. The van der Waals surface area contributed by atoms with Crippen molar-refractivity contribution in [1.29, 1.82) is 0 Å². The molecular weight excluding hydrogens is 267 g/mol. The van der Waals surface area contributed by atoms with Gasteiger partial charge in [-0.25, -0.2) is 4.39 Å². The number of piperidine rings is 1. The Hall–Kier alpha value is -1.13. The number of hydrogen-bond donors (Lipinski definition) is 2. The number of anilines is 1. The standard InChI is InChI=1S/C14H18ClFN2O/c1-2-14(5-7-17-8-6-14)13(19)18-10-3-4-11(15)12(16)9-10/h3-4,9,17H,2,5-8H2,1H3,(H,18,19). The van der Waals surface area contributed by atoms with Crippen molar-refractivity contribution in [3.8, 4) is 0 Å². The van der Waals surface area contributed by atoms with Crippen LogP contribution in [0, 0.1) is 11.2 Å². The van der Waals surface area contributed by atoms with Crippen LogP contribution in [0.4, 0.5) is 10.1 Å². The smallest absolute Gasteiger partial charge is 0.230 e. The molecule has 1 aromatic carbocycles. The van der Waals surface area contributed by atoms with E-state index >= 15 is 0 Å². The molecule has 2 rings (SSSR count). The Kier molecular flexibility index (Phi) is 4.42. The number of carbonyl (C=O) groups is 1. The lowest BCUT2D eigenvalue weighted by Gasteiger charge is -2.35. The minimum absolute atomic E-state index is 0.0294. The third-order valence-corrected chi connectivity index (χ3v) is 4.20. The van der Waals surface area contributed by atoms with E-state index in [1.807, 2.05) is 6.92 Å². The van der Waals surface area contributed by atoms with Crippen LogP contribution in [0.25, 0.3) is 0 Å². The summed E-state index contributed by atoms with van der Waals surface area (Å²) in [6.45, 7) is 3.71. The maximum atomic E-state index is 13.4. The highest BCUT2D eigenvalue weighted by Gasteiger charge is 2.37. The Morgan fingerprint density at radius 1 is 1.47 bits per heavy atom. The van der Waals surface area contributed by atoms with Gasteiger partial charge in [-0.3, -0.25) is 4.79 Å². The molecule has 1 fully saturated rings. The summed E-state index contributed by atoms with van der Waals surface area (Å²) in [5, 5.41) is 6.12. The van der Waals surface area contributed by atoms with Gasteiger partial charge in [0.2, 0.25) is 5.91 Å². The highest BCUT2D eigenvalue weighted by Crippen LogP contribution is 2.34. The van der Waals surface area contributed by atoms with Crippen LogP contribution in [-0.2, 0) is 4.79 Å². The maximum Gasteiger partial charge on any atom is 0.230 e. The Morgan fingerprint density at radius 2 is 2.16 bits per heavy atom. The van der Waals surface area contributed by atoms with Crippen molar-refractivity contribution in [1.82, 2.24) is 5.32 Å². The van der Waals surface area contributed by atoms with E-state index in [2.05, 4.69) is 10.6 Å². The van der Waals surface area contributed by atoms with Gasteiger partial charge in [-0.1, -0.05) is 18.5 Å². The lowest BCUT2D eigenvalue weighted by molar-refractivity contribution is -0.127. The van der Waals surface area contributed by atoms with E-state index in [-0.39, 0.29) is 16.3 Å². The summed E-state index contributed by atoms with van der Waals surface area (Å²) in [6.07, 6.45) is 2.41. The van der Waals surface area contributed by atoms with Gasteiger partial charge in [0.1, 0.15) is 5.82 Å². The third-order valence-electron chi connectivity index (χ3n) is 3.90. The van der Waals surface area contributed by atoms with Gasteiger partial charge in [-0.15, -0.1) is 0 Å². The summed E-state index contributed by atoms with van der Waals surface area (Å²) < 4.78 is 13.4. The van der Waals surface area contributed by atoms with Crippen LogP contribution in [-0.4, -0.2) is 19.0 Å². The molecule has 1 aliphatic rings. The van der Waals surface area contributed by atoms with Crippen molar-refractivity contribution in [2.45, 2.75) is 26.2 Å². The fraction of sp³-hybridized carbons (Fsp3) is 0.500. The molecule has 1 amide bonds. The zero-order valence-electron chi connectivity index (χ0n) is 10.9. The number of amides is 1. The largest absolute Gasteiger partial charge is 0.326 e. The van der Waals surface area contributed by atoms with Crippen molar-refractivity contribution in [2.24, 2.45) is 5.41 Å². The molecule has 0 aliphatic carbocycles. The lowest BCUT2D eigenvalue weighted by Crippen LogP contribution is -2.44. The van der Waals surface area contributed by atoms with Crippen LogP contribution >= 0.6 is 11.6 Å². The molecule has 1 saturated heterocycles. The van der Waals surface area contributed by atoms with Crippen LogP contribution in [0.1, 0.15) is 26.2 Å². The number of nitrogens with one attached hydrogen (secondary N) is 2. The molecule has 2 N–H and O–H groups in total. The molecule has 1 heterocycles. The topological polar surface area (TPSA) is 41.1 Å². The molecule has 5 heteroatoms. The number of rotatable bonds is 3. The fourth-order valence-corrected chi connectivity index (χ4v) is 2.60. The van der Waals surface area contributed by atoms with Gasteiger partial charge in [0.25, 0.3) is 0 Å². The average molecular weight is 285 g/mol. The first-order chi connectivity index (χ1) is 9.07. The number of carbonyl (C=O) groups excluding carboxylic acids is 1. The van der Waals surface area contributed by atoms with Crippen molar-refractivity contribution < 1.29 is 9.18 Å². The molecule has 1 aromatic rings.